The number of ether oxygens (including phenoxy) is 2. The minimum Gasteiger partial charge on any atom is -0.394 e. The van der Waals surface area contributed by atoms with Crippen LogP contribution in [-0.2, 0) is 14.3 Å². The zero-order valence-corrected chi connectivity index (χ0v) is 46.0. The van der Waals surface area contributed by atoms with Crippen LogP contribution in [-0.4, -0.2) is 87.5 Å². The molecule has 6 N–H and O–H groups in total. The molecule has 0 radical (unpaired) electrons. The van der Waals surface area contributed by atoms with Crippen LogP contribution in [0.2, 0.25) is 0 Å². The van der Waals surface area contributed by atoms with Gasteiger partial charge in [0.25, 0.3) is 0 Å². The van der Waals surface area contributed by atoms with Gasteiger partial charge in [0.1, 0.15) is 24.4 Å². The van der Waals surface area contributed by atoms with Gasteiger partial charge >= 0.3 is 0 Å². The van der Waals surface area contributed by atoms with E-state index in [9.17, 15) is 30.3 Å². The molecule has 9 heteroatoms. The van der Waals surface area contributed by atoms with Gasteiger partial charge in [-0.25, -0.2) is 0 Å². The van der Waals surface area contributed by atoms with Crippen LogP contribution < -0.4 is 5.32 Å². The van der Waals surface area contributed by atoms with Gasteiger partial charge in [0.2, 0.25) is 5.91 Å². The lowest BCUT2D eigenvalue weighted by Crippen LogP contribution is -2.60. The number of amides is 1. The Morgan fingerprint density at radius 2 is 0.838 bits per heavy atom. The van der Waals surface area contributed by atoms with Gasteiger partial charge in [-0.1, -0.05) is 230 Å². The third-order valence-corrected chi connectivity index (χ3v) is 12.4. The summed E-state index contributed by atoms with van der Waals surface area (Å²) >= 11 is 0. The summed E-state index contributed by atoms with van der Waals surface area (Å²) in [6, 6.07) is -0.828. The Hall–Kier alpha value is -4.19. The SMILES string of the molecule is CC/C=C\C/C=C\C/C=C\C/C=C\C/C=C\C/C=C\C/C=C\C/C=C\C/C=C\C/C=C\C/C=C\C/C=C\CCCCCCC(=O)NC(COC1OC(CO)C(O)C(O)C1O)C(O)/C=C/CCCCCCCCCC. The molecule has 7 atom stereocenters. The second-order valence-corrected chi connectivity index (χ2v) is 19.0. The summed E-state index contributed by atoms with van der Waals surface area (Å²) in [4.78, 5) is 13.0. The average Bonchev–Trinajstić information content (AvgIpc) is 3.40. The minimum absolute atomic E-state index is 0.209. The van der Waals surface area contributed by atoms with E-state index in [0.717, 1.165) is 122 Å². The van der Waals surface area contributed by atoms with E-state index < -0.39 is 49.5 Å². The standard InChI is InChI=1S/C65H103NO8/c1-3-5-7-9-11-13-15-16-17-18-19-20-21-22-23-24-25-26-27-28-29-30-31-32-33-34-35-36-37-38-39-40-41-42-43-44-45-47-49-51-53-55-61(69)66-58(57-73-65-64(72)63(71)62(70)60(56-67)74-65)59(68)54-52-50-48-46-14-12-10-8-6-4-2/h5,7,11,13,16-17,19-20,22-23,25-26,28-29,31-32,34-35,37-38,40-41,43-44,52,54,58-60,62-65,67-68,70-72H,3-4,6,8-10,12,14-15,18,21,24,27,30,33,36,39,42,45-51,53,55-57H2,1-2H3,(H,66,69)/b7-5-,13-11-,17-16-,20-19-,23-22-,26-25-,29-28-,32-31-,35-34-,38-37-,41-40-,44-43-,54-52+. The molecule has 0 aliphatic carbocycles. The van der Waals surface area contributed by atoms with Crippen LogP contribution in [0.25, 0.3) is 0 Å². The first kappa shape index (κ1) is 67.8. The molecule has 9 nitrogen and oxygen atoms in total. The maximum absolute atomic E-state index is 13.0. The maximum Gasteiger partial charge on any atom is 0.220 e. The number of hydrogen-bond acceptors (Lipinski definition) is 8. The summed E-state index contributed by atoms with van der Waals surface area (Å²) in [5, 5.41) is 54.2. The summed E-state index contributed by atoms with van der Waals surface area (Å²) in [6.07, 6.45) is 76.1. The van der Waals surface area contributed by atoms with Crippen LogP contribution >= 0.6 is 0 Å². The number of aliphatic hydroxyl groups is 5. The number of allylic oxidation sites excluding steroid dienone is 25. The first-order valence-corrected chi connectivity index (χ1v) is 28.7. The Kier molecular flexibility index (Phi) is 47.9. The molecule has 1 aliphatic rings. The van der Waals surface area contributed by atoms with Crippen molar-refractivity contribution in [3.8, 4) is 0 Å². The molecule has 0 aromatic heterocycles. The van der Waals surface area contributed by atoms with Gasteiger partial charge in [0.05, 0.1) is 25.4 Å². The van der Waals surface area contributed by atoms with Crippen molar-refractivity contribution in [1.29, 1.82) is 0 Å². The normalized spacial score (nSPS) is 20.2. The molecule has 1 rings (SSSR count). The lowest BCUT2D eigenvalue weighted by molar-refractivity contribution is -0.302. The smallest absolute Gasteiger partial charge is 0.220 e. The monoisotopic (exact) mass is 1030 g/mol. The molecule has 1 heterocycles. The molecule has 1 aliphatic heterocycles. The number of unbranched alkanes of at least 4 members (excludes halogenated alkanes) is 12. The largest absolute Gasteiger partial charge is 0.394 e. The van der Waals surface area contributed by atoms with Crippen LogP contribution in [0.1, 0.15) is 187 Å². The number of nitrogens with one attached hydrogen (secondary N) is 1. The third-order valence-electron chi connectivity index (χ3n) is 12.4. The van der Waals surface area contributed by atoms with Crippen molar-refractivity contribution in [2.24, 2.45) is 0 Å². The van der Waals surface area contributed by atoms with E-state index in [1.54, 1.807) is 6.08 Å². The Bertz CT molecular complexity index is 1710. The Morgan fingerprint density at radius 3 is 1.24 bits per heavy atom. The lowest BCUT2D eigenvalue weighted by Gasteiger charge is -2.40. The fraction of sp³-hybridized carbons (Fsp3) is 0.585. The van der Waals surface area contributed by atoms with E-state index in [4.69, 9.17) is 9.47 Å². The fourth-order valence-corrected chi connectivity index (χ4v) is 7.84. The van der Waals surface area contributed by atoms with E-state index in [0.29, 0.717) is 12.8 Å². The summed E-state index contributed by atoms with van der Waals surface area (Å²) in [6.45, 7) is 3.59. The fourth-order valence-electron chi connectivity index (χ4n) is 7.84. The highest BCUT2D eigenvalue weighted by atomic mass is 16.7. The Labute approximate surface area is 450 Å². The van der Waals surface area contributed by atoms with Crippen molar-refractivity contribution in [2.45, 2.75) is 230 Å². The number of aliphatic hydroxyl groups excluding tert-OH is 5. The number of rotatable bonds is 46. The lowest BCUT2D eigenvalue weighted by atomic mass is 9.99. The molecule has 74 heavy (non-hydrogen) atoms. The topological polar surface area (TPSA) is 149 Å². The van der Waals surface area contributed by atoms with Crippen molar-refractivity contribution in [3.63, 3.8) is 0 Å². The van der Waals surface area contributed by atoms with Crippen molar-refractivity contribution in [2.75, 3.05) is 13.2 Å². The molecule has 7 unspecified atom stereocenters. The molecule has 1 fully saturated rings. The molecule has 0 saturated carbocycles. The van der Waals surface area contributed by atoms with E-state index in [-0.39, 0.29) is 12.5 Å². The first-order chi connectivity index (χ1) is 36.3. The highest BCUT2D eigenvalue weighted by Crippen LogP contribution is 2.22. The molecule has 0 aromatic rings. The molecule has 0 spiro atoms. The maximum atomic E-state index is 13.0. The van der Waals surface area contributed by atoms with Crippen molar-refractivity contribution in [3.05, 3.63) is 158 Å². The third kappa shape index (κ3) is 41.1. The van der Waals surface area contributed by atoms with Gasteiger partial charge in [-0.05, 0) is 109 Å². The van der Waals surface area contributed by atoms with Gasteiger partial charge in [-0.3, -0.25) is 4.79 Å². The zero-order valence-electron chi connectivity index (χ0n) is 46.0. The number of hydrogen-bond donors (Lipinski definition) is 6. The minimum atomic E-state index is -1.58. The van der Waals surface area contributed by atoms with Crippen LogP contribution in [0.15, 0.2) is 158 Å². The van der Waals surface area contributed by atoms with E-state index in [2.05, 4.69) is 165 Å². The van der Waals surface area contributed by atoms with Crippen LogP contribution in [0.5, 0.6) is 0 Å². The number of carbonyl (C=O) groups is 1. The van der Waals surface area contributed by atoms with Crippen LogP contribution in [0.3, 0.4) is 0 Å². The van der Waals surface area contributed by atoms with Crippen LogP contribution in [0.4, 0.5) is 0 Å². The highest BCUT2D eigenvalue weighted by molar-refractivity contribution is 5.76. The average molecular weight is 1030 g/mol. The highest BCUT2D eigenvalue weighted by Gasteiger charge is 2.44. The predicted molar refractivity (Wildman–Crippen MR) is 312 cm³/mol. The van der Waals surface area contributed by atoms with Crippen LogP contribution in [0, 0.1) is 0 Å². The van der Waals surface area contributed by atoms with Crippen molar-refractivity contribution >= 4 is 5.91 Å². The van der Waals surface area contributed by atoms with Crippen molar-refractivity contribution < 1.29 is 39.8 Å². The van der Waals surface area contributed by atoms with Crippen molar-refractivity contribution in [1.82, 2.24) is 5.32 Å². The molecular formula is C65H103NO8. The molecule has 1 saturated heterocycles. The Morgan fingerprint density at radius 1 is 0.473 bits per heavy atom. The summed E-state index contributed by atoms with van der Waals surface area (Å²) in [7, 11) is 0. The molecule has 0 aromatic carbocycles. The van der Waals surface area contributed by atoms with Gasteiger partial charge in [-0.2, -0.15) is 0 Å². The quantitative estimate of drug-likeness (QED) is 0.0261. The van der Waals surface area contributed by atoms with E-state index in [1.165, 1.54) is 38.5 Å². The van der Waals surface area contributed by atoms with Gasteiger partial charge in [0, 0.05) is 6.42 Å². The summed E-state index contributed by atoms with van der Waals surface area (Å²) in [5.74, 6) is -0.211. The van der Waals surface area contributed by atoms with Gasteiger partial charge in [0.15, 0.2) is 6.29 Å². The molecule has 416 valence electrons. The zero-order chi connectivity index (χ0) is 53.6. The molecular weight excluding hydrogens is 923 g/mol. The predicted octanol–water partition coefficient (Wildman–Crippen LogP) is 14.5. The number of carbonyl (C=O) groups excluding carboxylic acids is 1. The van der Waals surface area contributed by atoms with Gasteiger partial charge < -0.3 is 40.3 Å². The Balaban J connectivity index is 2.17. The second kappa shape index (κ2) is 52.3. The summed E-state index contributed by atoms with van der Waals surface area (Å²) in [5.41, 5.74) is 0. The van der Waals surface area contributed by atoms with E-state index >= 15 is 0 Å². The first-order valence-electron chi connectivity index (χ1n) is 28.7. The van der Waals surface area contributed by atoms with Gasteiger partial charge in [-0.15, -0.1) is 0 Å². The summed E-state index contributed by atoms with van der Waals surface area (Å²) < 4.78 is 11.2. The van der Waals surface area contributed by atoms with E-state index in [1.807, 2.05) is 6.08 Å². The second-order valence-electron chi connectivity index (χ2n) is 19.0. The molecule has 0 bridgehead atoms. The molecule has 1 amide bonds.